The van der Waals surface area contributed by atoms with Crippen molar-refractivity contribution in [3.63, 3.8) is 0 Å². The van der Waals surface area contributed by atoms with E-state index in [1.807, 2.05) is 13.8 Å². The van der Waals surface area contributed by atoms with Crippen LogP contribution in [0.3, 0.4) is 0 Å². The molecular formula is C16H23ClN2O3S. The quantitative estimate of drug-likeness (QED) is 0.879. The molecule has 5 nitrogen and oxygen atoms in total. The number of nitrogens with zero attached hydrogens (tertiary/aromatic N) is 1. The Morgan fingerprint density at radius 2 is 1.91 bits per heavy atom. The molecule has 0 bridgehead atoms. The molecule has 1 atom stereocenters. The monoisotopic (exact) mass is 358 g/mol. The van der Waals surface area contributed by atoms with Gasteiger partial charge in [-0.1, -0.05) is 25.4 Å². The molecule has 1 unspecified atom stereocenters. The average Bonchev–Trinajstić information content (AvgIpc) is 2.69. The van der Waals surface area contributed by atoms with Crippen LogP contribution in [-0.4, -0.2) is 37.8 Å². The minimum Gasteiger partial charge on any atom is -0.355 e. The van der Waals surface area contributed by atoms with Gasteiger partial charge in [-0.25, -0.2) is 8.42 Å². The van der Waals surface area contributed by atoms with E-state index in [0.29, 0.717) is 24.5 Å². The van der Waals surface area contributed by atoms with Crippen LogP contribution < -0.4 is 5.32 Å². The van der Waals surface area contributed by atoms with E-state index in [4.69, 9.17) is 11.6 Å². The molecule has 0 saturated carbocycles. The van der Waals surface area contributed by atoms with Gasteiger partial charge in [-0.3, -0.25) is 4.79 Å². The third kappa shape index (κ3) is 4.46. The molecular weight excluding hydrogens is 336 g/mol. The van der Waals surface area contributed by atoms with Crippen LogP contribution in [0.1, 0.15) is 33.1 Å². The second-order valence-corrected chi connectivity index (χ2v) is 8.55. The molecule has 128 valence electrons. The fourth-order valence-electron chi connectivity index (χ4n) is 2.69. The molecule has 1 aliphatic rings. The summed E-state index contributed by atoms with van der Waals surface area (Å²) in [6.07, 6.45) is 2.25. The van der Waals surface area contributed by atoms with Crippen LogP contribution in [-0.2, 0) is 14.8 Å². The third-order valence-electron chi connectivity index (χ3n) is 3.82. The molecule has 1 aromatic carbocycles. The van der Waals surface area contributed by atoms with Gasteiger partial charge >= 0.3 is 0 Å². The fourth-order valence-corrected chi connectivity index (χ4v) is 4.60. The van der Waals surface area contributed by atoms with Gasteiger partial charge < -0.3 is 5.32 Å². The average molecular weight is 359 g/mol. The van der Waals surface area contributed by atoms with Gasteiger partial charge in [0.2, 0.25) is 15.9 Å². The van der Waals surface area contributed by atoms with Crippen molar-refractivity contribution in [3.05, 3.63) is 29.3 Å². The highest BCUT2D eigenvalue weighted by molar-refractivity contribution is 7.89. The van der Waals surface area contributed by atoms with Crippen LogP contribution in [0.4, 0.5) is 0 Å². The molecule has 2 rings (SSSR count). The lowest BCUT2D eigenvalue weighted by Crippen LogP contribution is -2.49. The maximum absolute atomic E-state index is 13.0. The summed E-state index contributed by atoms with van der Waals surface area (Å²) >= 11 is 5.85. The summed E-state index contributed by atoms with van der Waals surface area (Å²) in [6.45, 7) is 4.80. The lowest BCUT2D eigenvalue weighted by atomic mass is 10.1. The molecule has 0 spiro atoms. The van der Waals surface area contributed by atoms with Gasteiger partial charge in [0, 0.05) is 18.1 Å². The molecule has 1 saturated heterocycles. The Morgan fingerprint density at radius 3 is 2.52 bits per heavy atom. The highest BCUT2D eigenvalue weighted by Crippen LogP contribution is 2.24. The van der Waals surface area contributed by atoms with E-state index in [1.165, 1.54) is 16.4 Å². The van der Waals surface area contributed by atoms with Crippen LogP contribution in [0.25, 0.3) is 0 Å². The first kappa shape index (κ1) is 18.2. The molecule has 1 heterocycles. The van der Waals surface area contributed by atoms with E-state index < -0.39 is 16.1 Å². The molecule has 1 fully saturated rings. The Kier molecular flexibility index (Phi) is 6.06. The Bertz CT molecular complexity index is 644. The summed E-state index contributed by atoms with van der Waals surface area (Å²) in [4.78, 5) is 12.5. The zero-order valence-corrected chi connectivity index (χ0v) is 15.0. The number of benzene rings is 1. The minimum absolute atomic E-state index is 0.119. The van der Waals surface area contributed by atoms with Crippen LogP contribution in [0, 0.1) is 5.92 Å². The first-order valence-corrected chi connectivity index (χ1v) is 9.69. The molecule has 23 heavy (non-hydrogen) atoms. The summed E-state index contributed by atoms with van der Waals surface area (Å²) in [5.74, 6) is -0.0891. The topological polar surface area (TPSA) is 66.5 Å². The first-order valence-electron chi connectivity index (χ1n) is 7.87. The molecule has 0 radical (unpaired) electrons. The van der Waals surface area contributed by atoms with Gasteiger partial charge in [0.25, 0.3) is 0 Å². The lowest BCUT2D eigenvalue weighted by molar-refractivity contribution is -0.124. The molecule has 1 amide bonds. The molecule has 1 N–H and O–H groups in total. The van der Waals surface area contributed by atoms with E-state index in [2.05, 4.69) is 5.32 Å². The fraction of sp³-hybridized carbons (Fsp3) is 0.562. The SMILES string of the molecule is CC(C)CN(C1CCCCNC1=O)S(=O)(=O)c1ccc(Cl)cc1. The van der Waals surface area contributed by atoms with Crippen molar-refractivity contribution in [2.45, 2.75) is 44.0 Å². The van der Waals surface area contributed by atoms with Crippen molar-refractivity contribution in [1.29, 1.82) is 0 Å². The van der Waals surface area contributed by atoms with E-state index in [0.717, 1.165) is 12.8 Å². The molecule has 7 heteroatoms. The Balaban J connectivity index is 2.40. The zero-order valence-electron chi connectivity index (χ0n) is 13.5. The number of hydrogen-bond donors (Lipinski definition) is 1. The largest absolute Gasteiger partial charge is 0.355 e. The van der Waals surface area contributed by atoms with E-state index in [1.54, 1.807) is 12.1 Å². The standard InChI is InChI=1S/C16H23ClN2O3S/c1-12(2)11-19(15-5-3-4-10-18-16(15)20)23(21,22)14-8-6-13(17)7-9-14/h6-9,12,15H,3-5,10-11H2,1-2H3,(H,18,20). The Labute approximate surface area is 143 Å². The number of carbonyl (C=O) groups excluding carboxylic acids is 1. The normalized spacial score (nSPS) is 19.7. The van der Waals surface area contributed by atoms with Crippen molar-refractivity contribution in [3.8, 4) is 0 Å². The number of sulfonamides is 1. The van der Waals surface area contributed by atoms with E-state index in [-0.39, 0.29) is 16.7 Å². The Hall–Kier alpha value is -1.11. The molecule has 0 aliphatic carbocycles. The van der Waals surface area contributed by atoms with Crippen molar-refractivity contribution in [2.24, 2.45) is 5.92 Å². The molecule has 1 aliphatic heterocycles. The van der Waals surface area contributed by atoms with E-state index >= 15 is 0 Å². The first-order chi connectivity index (χ1) is 10.8. The summed E-state index contributed by atoms with van der Waals surface area (Å²) < 4.78 is 27.4. The molecule has 0 aromatic heterocycles. The van der Waals surface area contributed by atoms with Crippen molar-refractivity contribution < 1.29 is 13.2 Å². The van der Waals surface area contributed by atoms with Crippen LogP contribution >= 0.6 is 11.6 Å². The smallest absolute Gasteiger partial charge is 0.243 e. The van der Waals surface area contributed by atoms with Gasteiger partial charge in [0.15, 0.2) is 0 Å². The highest BCUT2D eigenvalue weighted by atomic mass is 35.5. The third-order valence-corrected chi connectivity index (χ3v) is 5.96. The predicted molar refractivity (Wildman–Crippen MR) is 90.8 cm³/mol. The summed E-state index contributed by atoms with van der Waals surface area (Å²) in [6, 6.07) is 5.42. The van der Waals surface area contributed by atoms with Crippen molar-refractivity contribution in [1.82, 2.24) is 9.62 Å². The maximum atomic E-state index is 13.0. The van der Waals surface area contributed by atoms with Crippen LogP contribution in [0.5, 0.6) is 0 Å². The van der Waals surface area contributed by atoms with Crippen molar-refractivity contribution >= 4 is 27.5 Å². The summed E-state index contributed by atoms with van der Waals surface area (Å²) in [7, 11) is -3.75. The van der Waals surface area contributed by atoms with Gasteiger partial charge in [-0.2, -0.15) is 4.31 Å². The van der Waals surface area contributed by atoms with Gasteiger partial charge in [0.1, 0.15) is 6.04 Å². The maximum Gasteiger partial charge on any atom is 0.243 e. The summed E-state index contributed by atoms with van der Waals surface area (Å²) in [5, 5.41) is 3.29. The minimum atomic E-state index is -3.75. The number of hydrogen-bond acceptors (Lipinski definition) is 3. The number of rotatable bonds is 5. The van der Waals surface area contributed by atoms with Gasteiger partial charge in [-0.05, 0) is 49.4 Å². The number of halogens is 1. The van der Waals surface area contributed by atoms with Gasteiger partial charge in [-0.15, -0.1) is 0 Å². The highest BCUT2D eigenvalue weighted by Gasteiger charge is 2.36. The number of carbonyl (C=O) groups is 1. The Morgan fingerprint density at radius 1 is 1.26 bits per heavy atom. The number of amides is 1. The number of nitrogens with one attached hydrogen (secondary N) is 1. The second-order valence-electron chi connectivity index (χ2n) is 6.23. The van der Waals surface area contributed by atoms with E-state index in [9.17, 15) is 13.2 Å². The molecule has 1 aromatic rings. The lowest BCUT2D eigenvalue weighted by Gasteiger charge is -2.30. The summed E-state index contributed by atoms with van der Waals surface area (Å²) in [5.41, 5.74) is 0. The van der Waals surface area contributed by atoms with Gasteiger partial charge in [0.05, 0.1) is 4.90 Å². The van der Waals surface area contributed by atoms with Crippen molar-refractivity contribution in [2.75, 3.05) is 13.1 Å². The predicted octanol–water partition coefficient (Wildman–Crippen LogP) is 2.66. The van der Waals surface area contributed by atoms with Crippen LogP contribution in [0.2, 0.25) is 5.02 Å². The second kappa shape index (κ2) is 7.64. The zero-order chi connectivity index (χ0) is 17.0. The van der Waals surface area contributed by atoms with Crippen LogP contribution in [0.15, 0.2) is 29.2 Å².